The Hall–Kier alpha value is -2.29. The number of carbonyl (C=O) groups excluding carboxylic acids is 2. The van der Waals surface area contributed by atoms with Crippen LogP contribution in [0.25, 0.3) is 0 Å². The number of amides is 2. The second kappa shape index (κ2) is 11.5. The zero-order valence-electron chi connectivity index (χ0n) is 18.2. The van der Waals surface area contributed by atoms with Crippen LogP contribution in [0.15, 0.2) is 48.5 Å². The van der Waals surface area contributed by atoms with E-state index in [-0.39, 0.29) is 23.2 Å². The molecule has 0 fully saturated rings. The van der Waals surface area contributed by atoms with Gasteiger partial charge in [0.05, 0.1) is 17.0 Å². The van der Waals surface area contributed by atoms with E-state index in [9.17, 15) is 18.0 Å². The average Bonchev–Trinajstić information content (AvgIpc) is 2.72. The van der Waals surface area contributed by atoms with E-state index in [0.717, 1.165) is 16.1 Å². The number of likely N-dealkylation sites (N-methyl/N-ethyl adjacent to an activating group) is 1. The normalized spacial score (nSPS) is 12.2. The molecule has 0 aliphatic carbocycles. The van der Waals surface area contributed by atoms with E-state index in [1.54, 1.807) is 13.8 Å². The first-order valence-electron chi connectivity index (χ1n) is 10.1. The van der Waals surface area contributed by atoms with Gasteiger partial charge in [-0.3, -0.25) is 13.9 Å². The van der Waals surface area contributed by atoms with Gasteiger partial charge >= 0.3 is 0 Å². The van der Waals surface area contributed by atoms with Gasteiger partial charge in [-0.15, -0.1) is 0 Å². The molecule has 0 saturated heterocycles. The second-order valence-corrected chi connectivity index (χ2v) is 9.94. The summed E-state index contributed by atoms with van der Waals surface area (Å²) in [6.45, 7) is 3.65. The summed E-state index contributed by atoms with van der Waals surface area (Å²) >= 11 is 12.2. The van der Waals surface area contributed by atoms with Crippen molar-refractivity contribution < 1.29 is 18.0 Å². The molecule has 0 aromatic heterocycles. The van der Waals surface area contributed by atoms with Crippen LogP contribution in [-0.4, -0.2) is 50.5 Å². The summed E-state index contributed by atoms with van der Waals surface area (Å²) < 4.78 is 26.0. The molecule has 0 saturated carbocycles. The van der Waals surface area contributed by atoms with Crippen LogP contribution in [0.5, 0.6) is 0 Å². The molecule has 7 nitrogen and oxygen atoms in total. The monoisotopic (exact) mass is 499 g/mol. The fraction of sp³-hybridized carbons (Fsp3) is 0.364. The van der Waals surface area contributed by atoms with Gasteiger partial charge in [0.25, 0.3) is 0 Å². The lowest BCUT2D eigenvalue weighted by molar-refractivity contribution is -0.140. The number of nitrogens with one attached hydrogen (secondary N) is 1. The van der Waals surface area contributed by atoms with Crippen molar-refractivity contribution in [2.75, 3.05) is 23.7 Å². The van der Waals surface area contributed by atoms with Gasteiger partial charge in [0.15, 0.2) is 0 Å². The molecule has 2 rings (SSSR count). The number of benzene rings is 2. The Morgan fingerprint density at radius 3 is 2.25 bits per heavy atom. The van der Waals surface area contributed by atoms with Crippen molar-refractivity contribution in [2.24, 2.45) is 0 Å². The molecule has 0 radical (unpaired) electrons. The van der Waals surface area contributed by atoms with E-state index < -0.39 is 28.5 Å². The molecule has 2 amide bonds. The van der Waals surface area contributed by atoms with Crippen LogP contribution in [0.3, 0.4) is 0 Å². The Morgan fingerprint density at radius 1 is 1.06 bits per heavy atom. The van der Waals surface area contributed by atoms with E-state index >= 15 is 0 Å². The lowest BCUT2D eigenvalue weighted by Crippen LogP contribution is -2.52. The molecule has 10 heteroatoms. The van der Waals surface area contributed by atoms with E-state index in [0.29, 0.717) is 18.0 Å². The first-order chi connectivity index (χ1) is 15.1. The van der Waals surface area contributed by atoms with Gasteiger partial charge in [0, 0.05) is 18.1 Å². The molecule has 0 aliphatic heterocycles. The van der Waals surface area contributed by atoms with Crippen molar-refractivity contribution in [3.63, 3.8) is 0 Å². The van der Waals surface area contributed by atoms with Gasteiger partial charge in [-0.25, -0.2) is 8.42 Å². The molecule has 0 bridgehead atoms. The quantitative estimate of drug-likeness (QED) is 0.539. The van der Waals surface area contributed by atoms with Crippen molar-refractivity contribution in [1.82, 2.24) is 10.2 Å². The van der Waals surface area contributed by atoms with Gasteiger partial charge < -0.3 is 10.2 Å². The standard InChI is InChI=1S/C22H27Cl2N3O4S/c1-4-19(22(29)25-5-2)26(14-16-9-7-6-8-10-16)21(28)15-27(32(3,30)31)20-12-11-17(23)13-18(20)24/h6-13,19H,4-5,14-15H2,1-3H3,(H,25,29)/t19-/m0/s1. The molecule has 2 aromatic rings. The van der Waals surface area contributed by atoms with Crippen LogP contribution in [0, 0.1) is 0 Å². The second-order valence-electron chi connectivity index (χ2n) is 7.19. The molecule has 0 aliphatic rings. The molecule has 0 spiro atoms. The highest BCUT2D eigenvalue weighted by Gasteiger charge is 2.32. The van der Waals surface area contributed by atoms with Crippen molar-refractivity contribution in [3.05, 3.63) is 64.1 Å². The Balaban J connectivity index is 2.44. The number of nitrogens with zero attached hydrogens (tertiary/aromatic N) is 2. The first kappa shape index (κ1) is 26.0. The lowest BCUT2D eigenvalue weighted by Gasteiger charge is -2.33. The molecule has 1 N–H and O–H groups in total. The lowest BCUT2D eigenvalue weighted by atomic mass is 10.1. The minimum Gasteiger partial charge on any atom is -0.355 e. The summed E-state index contributed by atoms with van der Waals surface area (Å²) in [6, 6.07) is 12.8. The predicted octanol–water partition coefficient (Wildman–Crippen LogP) is 3.70. The van der Waals surface area contributed by atoms with Gasteiger partial charge in [0.1, 0.15) is 12.6 Å². The number of halogens is 2. The van der Waals surface area contributed by atoms with Crippen LogP contribution < -0.4 is 9.62 Å². The number of rotatable bonds is 10. The third-order valence-corrected chi connectivity index (χ3v) is 6.45. The maximum absolute atomic E-state index is 13.4. The highest BCUT2D eigenvalue weighted by molar-refractivity contribution is 7.92. The molecule has 0 heterocycles. The fourth-order valence-electron chi connectivity index (χ4n) is 3.27. The molecular formula is C22H27Cl2N3O4S. The third kappa shape index (κ3) is 6.85. The summed E-state index contributed by atoms with van der Waals surface area (Å²) in [5, 5.41) is 3.19. The zero-order valence-corrected chi connectivity index (χ0v) is 20.5. The summed E-state index contributed by atoms with van der Waals surface area (Å²) in [5.74, 6) is -0.821. The summed E-state index contributed by atoms with van der Waals surface area (Å²) in [7, 11) is -3.86. The Kier molecular flexibility index (Phi) is 9.36. The van der Waals surface area contributed by atoms with Crippen LogP contribution in [-0.2, 0) is 26.2 Å². The molecule has 32 heavy (non-hydrogen) atoms. The highest BCUT2D eigenvalue weighted by atomic mass is 35.5. The maximum atomic E-state index is 13.4. The predicted molar refractivity (Wildman–Crippen MR) is 128 cm³/mol. The van der Waals surface area contributed by atoms with Gasteiger partial charge in [0.2, 0.25) is 21.8 Å². The van der Waals surface area contributed by atoms with Crippen molar-refractivity contribution in [3.8, 4) is 0 Å². The fourth-order valence-corrected chi connectivity index (χ4v) is 4.69. The number of carbonyl (C=O) groups is 2. The van der Waals surface area contributed by atoms with Crippen LogP contribution in [0.1, 0.15) is 25.8 Å². The largest absolute Gasteiger partial charge is 0.355 e. The molecular weight excluding hydrogens is 473 g/mol. The van der Waals surface area contributed by atoms with E-state index in [1.165, 1.54) is 23.1 Å². The maximum Gasteiger partial charge on any atom is 0.244 e. The summed E-state index contributed by atoms with van der Waals surface area (Å²) in [6.07, 6.45) is 1.36. The van der Waals surface area contributed by atoms with E-state index in [4.69, 9.17) is 23.2 Å². The first-order valence-corrected chi connectivity index (χ1v) is 12.7. The number of sulfonamides is 1. The number of hydrogen-bond acceptors (Lipinski definition) is 4. The topological polar surface area (TPSA) is 86.8 Å². The number of anilines is 1. The number of hydrogen-bond donors (Lipinski definition) is 1. The van der Waals surface area contributed by atoms with Crippen molar-refractivity contribution in [1.29, 1.82) is 0 Å². The van der Waals surface area contributed by atoms with Gasteiger partial charge in [-0.2, -0.15) is 0 Å². The summed E-state index contributed by atoms with van der Waals surface area (Å²) in [5.41, 5.74) is 0.955. The highest BCUT2D eigenvalue weighted by Crippen LogP contribution is 2.30. The molecule has 174 valence electrons. The Labute approximate surface area is 199 Å². The minimum absolute atomic E-state index is 0.0982. The molecule has 0 unspecified atom stereocenters. The Morgan fingerprint density at radius 2 is 1.72 bits per heavy atom. The Bertz CT molecular complexity index is 1050. The van der Waals surface area contributed by atoms with Crippen molar-refractivity contribution >= 4 is 50.7 Å². The van der Waals surface area contributed by atoms with Gasteiger partial charge in [-0.05, 0) is 37.1 Å². The van der Waals surface area contributed by atoms with E-state index in [1.807, 2.05) is 30.3 Å². The van der Waals surface area contributed by atoms with Crippen molar-refractivity contribution in [2.45, 2.75) is 32.9 Å². The van der Waals surface area contributed by atoms with Crippen LogP contribution in [0.4, 0.5) is 5.69 Å². The third-order valence-electron chi connectivity index (χ3n) is 4.79. The SMILES string of the molecule is CCNC(=O)[C@H](CC)N(Cc1ccccc1)C(=O)CN(c1ccc(Cl)cc1Cl)S(C)(=O)=O. The molecule has 1 atom stereocenters. The van der Waals surface area contributed by atoms with Crippen LogP contribution in [0.2, 0.25) is 10.0 Å². The van der Waals surface area contributed by atoms with E-state index in [2.05, 4.69) is 5.32 Å². The molecule has 2 aromatic carbocycles. The van der Waals surface area contributed by atoms with Crippen LogP contribution >= 0.6 is 23.2 Å². The minimum atomic E-state index is -3.86. The average molecular weight is 500 g/mol. The smallest absolute Gasteiger partial charge is 0.244 e. The zero-order chi connectivity index (χ0) is 23.9. The summed E-state index contributed by atoms with van der Waals surface area (Å²) in [4.78, 5) is 27.5. The van der Waals surface area contributed by atoms with Gasteiger partial charge in [-0.1, -0.05) is 60.5 Å².